The lowest BCUT2D eigenvalue weighted by atomic mass is 10.1. The molecular formula is C15H29IN+. The Morgan fingerprint density at radius 2 is 1.53 bits per heavy atom. The van der Waals surface area contributed by atoms with Gasteiger partial charge in [0.15, 0.2) is 0 Å². The summed E-state index contributed by atoms with van der Waals surface area (Å²) < 4.78 is 1.74. The van der Waals surface area contributed by atoms with Crippen molar-refractivity contribution in [3.05, 3.63) is 0 Å². The zero-order valence-electron chi connectivity index (χ0n) is 11.8. The molecule has 0 aliphatic heterocycles. The third kappa shape index (κ3) is 6.67. The number of hydrogen-bond acceptors (Lipinski definition) is 0. The molecule has 0 rings (SSSR count). The fourth-order valence-electron chi connectivity index (χ4n) is 2.29. The van der Waals surface area contributed by atoms with Gasteiger partial charge in [-0.3, -0.25) is 0 Å². The molecule has 100 valence electrons. The Kier molecular flexibility index (Phi) is 10.3. The summed E-state index contributed by atoms with van der Waals surface area (Å²) in [7, 11) is 0. The Balaban J connectivity index is 4.44. The average Bonchev–Trinajstić information content (AvgIpc) is 2.29. The number of nitrogens with zero attached hydrogens (tertiary/aromatic N) is 1. The van der Waals surface area contributed by atoms with Crippen LogP contribution in [0.5, 0.6) is 0 Å². The summed E-state index contributed by atoms with van der Waals surface area (Å²) in [5.74, 6) is 2.91. The van der Waals surface area contributed by atoms with E-state index in [2.05, 4.69) is 49.3 Å². The van der Waals surface area contributed by atoms with Crippen molar-refractivity contribution in [2.75, 3.05) is 19.6 Å². The van der Waals surface area contributed by atoms with Gasteiger partial charge in [-0.05, 0) is 61.1 Å². The van der Waals surface area contributed by atoms with Gasteiger partial charge in [0, 0.05) is 0 Å². The molecule has 0 aromatic rings. The molecule has 0 N–H and O–H groups in total. The van der Waals surface area contributed by atoms with E-state index in [1.807, 2.05) is 0 Å². The van der Waals surface area contributed by atoms with E-state index in [-0.39, 0.29) is 0 Å². The van der Waals surface area contributed by atoms with E-state index in [1.165, 1.54) is 51.6 Å². The molecule has 0 radical (unpaired) electrons. The van der Waals surface area contributed by atoms with Crippen LogP contribution in [0.15, 0.2) is 0 Å². The Labute approximate surface area is 122 Å². The second-order valence-corrected chi connectivity index (χ2v) is 6.82. The van der Waals surface area contributed by atoms with Crippen LogP contribution < -0.4 is 0 Å². The lowest BCUT2D eigenvalue weighted by Gasteiger charge is -2.40. The Bertz CT molecular complexity index is 207. The monoisotopic (exact) mass is 350 g/mol. The van der Waals surface area contributed by atoms with Crippen molar-refractivity contribution in [3.8, 4) is 12.3 Å². The maximum atomic E-state index is 5.59. The molecule has 2 heteroatoms. The Morgan fingerprint density at radius 3 is 1.82 bits per heavy atom. The SMILES string of the molecule is C#CC[N+](CCCCC)(CCCCC)C(C)I. The number of quaternary nitrogens is 1. The van der Waals surface area contributed by atoms with E-state index in [0.29, 0.717) is 4.05 Å². The van der Waals surface area contributed by atoms with Crippen LogP contribution in [-0.2, 0) is 0 Å². The van der Waals surface area contributed by atoms with Crippen LogP contribution in [0.4, 0.5) is 0 Å². The summed E-state index contributed by atoms with van der Waals surface area (Å²) in [6.45, 7) is 10.3. The van der Waals surface area contributed by atoms with Gasteiger partial charge in [0.25, 0.3) is 0 Å². The highest BCUT2D eigenvalue weighted by atomic mass is 127. The first-order valence-electron chi connectivity index (χ1n) is 7.06. The standard InChI is InChI=1S/C15H29IN/c1-5-8-10-13-17(12-7-3,15(4)16)14-11-9-6-2/h3,15H,5-6,8-14H2,1-2,4H3/q+1. The van der Waals surface area contributed by atoms with Crippen LogP contribution in [0, 0.1) is 12.3 Å². The number of rotatable bonds is 10. The molecule has 0 aromatic carbocycles. The molecule has 0 saturated heterocycles. The third-order valence-corrected chi connectivity index (χ3v) is 4.76. The highest BCUT2D eigenvalue weighted by Crippen LogP contribution is 2.22. The first kappa shape index (κ1) is 17.2. The van der Waals surface area contributed by atoms with Crippen molar-refractivity contribution in [2.24, 2.45) is 0 Å². The molecular weight excluding hydrogens is 321 g/mol. The van der Waals surface area contributed by atoms with E-state index >= 15 is 0 Å². The Hall–Kier alpha value is 0.250. The van der Waals surface area contributed by atoms with Crippen molar-refractivity contribution >= 4 is 22.6 Å². The second-order valence-electron chi connectivity index (χ2n) is 5.02. The smallest absolute Gasteiger partial charge is 0.141 e. The predicted octanol–water partition coefficient (Wildman–Crippen LogP) is 4.60. The minimum atomic E-state index is 0.623. The molecule has 1 unspecified atom stereocenters. The lowest BCUT2D eigenvalue weighted by molar-refractivity contribution is -0.926. The first-order valence-corrected chi connectivity index (χ1v) is 8.30. The van der Waals surface area contributed by atoms with Gasteiger partial charge in [0.1, 0.15) is 10.6 Å². The van der Waals surface area contributed by atoms with E-state index in [4.69, 9.17) is 6.42 Å². The quantitative estimate of drug-likeness (QED) is 0.135. The summed E-state index contributed by atoms with van der Waals surface area (Å²) in [5, 5.41) is 0. The van der Waals surface area contributed by atoms with Gasteiger partial charge >= 0.3 is 0 Å². The number of hydrogen-bond donors (Lipinski definition) is 0. The minimum Gasteiger partial charge on any atom is -0.303 e. The molecule has 0 aromatic heterocycles. The van der Waals surface area contributed by atoms with Crippen LogP contribution in [0.3, 0.4) is 0 Å². The van der Waals surface area contributed by atoms with Crippen molar-refractivity contribution in [1.29, 1.82) is 0 Å². The van der Waals surface area contributed by atoms with Crippen molar-refractivity contribution in [1.82, 2.24) is 0 Å². The molecule has 0 bridgehead atoms. The van der Waals surface area contributed by atoms with E-state index in [1.54, 1.807) is 0 Å². The van der Waals surface area contributed by atoms with Gasteiger partial charge < -0.3 is 4.48 Å². The van der Waals surface area contributed by atoms with Gasteiger partial charge in [-0.15, -0.1) is 6.42 Å². The van der Waals surface area contributed by atoms with Gasteiger partial charge in [0.05, 0.1) is 13.1 Å². The van der Waals surface area contributed by atoms with Crippen molar-refractivity contribution < 1.29 is 4.48 Å². The molecule has 0 amide bonds. The fourth-order valence-corrected chi connectivity index (χ4v) is 3.04. The highest BCUT2D eigenvalue weighted by molar-refractivity contribution is 14.1. The van der Waals surface area contributed by atoms with Gasteiger partial charge in [-0.2, -0.15) is 0 Å². The number of halogens is 1. The highest BCUT2D eigenvalue weighted by Gasteiger charge is 2.30. The second kappa shape index (κ2) is 10.2. The summed E-state index contributed by atoms with van der Waals surface area (Å²) in [6, 6.07) is 0. The zero-order chi connectivity index (χ0) is 13.1. The van der Waals surface area contributed by atoms with E-state index in [0.717, 1.165) is 11.0 Å². The molecule has 1 atom stereocenters. The topological polar surface area (TPSA) is 0 Å². The zero-order valence-corrected chi connectivity index (χ0v) is 14.0. The molecule has 0 heterocycles. The number of unbranched alkanes of at least 4 members (excludes halogenated alkanes) is 4. The van der Waals surface area contributed by atoms with Crippen molar-refractivity contribution in [2.45, 2.75) is 63.3 Å². The fraction of sp³-hybridized carbons (Fsp3) is 0.867. The third-order valence-electron chi connectivity index (χ3n) is 3.57. The summed E-state index contributed by atoms with van der Waals surface area (Å²) >= 11 is 2.56. The predicted molar refractivity (Wildman–Crippen MR) is 86.2 cm³/mol. The van der Waals surface area contributed by atoms with Crippen LogP contribution in [0.2, 0.25) is 0 Å². The molecule has 0 fully saturated rings. The van der Waals surface area contributed by atoms with Crippen LogP contribution in [-0.4, -0.2) is 28.2 Å². The number of terminal acetylenes is 1. The molecule has 0 aliphatic rings. The average molecular weight is 350 g/mol. The van der Waals surface area contributed by atoms with Crippen molar-refractivity contribution in [3.63, 3.8) is 0 Å². The number of alkyl halides is 1. The Morgan fingerprint density at radius 1 is 1.06 bits per heavy atom. The van der Waals surface area contributed by atoms with Gasteiger partial charge in [-0.25, -0.2) is 0 Å². The minimum absolute atomic E-state index is 0.623. The largest absolute Gasteiger partial charge is 0.303 e. The molecule has 0 saturated carbocycles. The summed E-state index contributed by atoms with van der Waals surface area (Å²) in [5.41, 5.74) is 0. The molecule has 1 nitrogen and oxygen atoms in total. The summed E-state index contributed by atoms with van der Waals surface area (Å²) in [4.78, 5) is 0. The first-order chi connectivity index (χ1) is 8.13. The van der Waals surface area contributed by atoms with Crippen LogP contribution in [0.25, 0.3) is 0 Å². The van der Waals surface area contributed by atoms with Crippen LogP contribution >= 0.6 is 22.6 Å². The summed E-state index contributed by atoms with van der Waals surface area (Å²) in [6.07, 6.45) is 13.5. The van der Waals surface area contributed by atoms with Gasteiger partial charge in [-0.1, -0.05) is 26.7 Å². The lowest BCUT2D eigenvalue weighted by Crippen LogP contribution is -2.53. The van der Waals surface area contributed by atoms with E-state index < -0.39 is 0 Å². The maximum absolute atomic E-state index is 5.59. The normalized spacial score (nSPS) is 13.4. The molecule has 0 spiro atoms. The molecule has 0 aliphatic carbocycles. The maximum Gasteiger partial charge on any atom is 0.141 e. The van der Waals surface area contributed by atoms with Crippen LogP contribution in [0.1, 0.15) is 59.3 Å². The van der Waals surface area contributed by atoms with Gasteiger partial charge in [0.2, 0.25) is 0 Å². The van der Waals surface area contributed by atoms with E-state index in [9.17, 15) is 0 Å². The molecule has 17 heavy (non-hydrogen) atoms.